The molecule has 4 aromatic heterocycles. The number of hydrogen-bond donors (Lipinski definition) is 0. The summed E-state index contributed by atoms with van der Waals surface area (Å²) >= 11 is 0. The third-order valence-electron chi connectivity index (χ3n) is 18.5. The Labute approximate surface area is 541 Å². The van der Waals surface area contributed by atoms with Crippen molar-refractivity contribution in [2.24, 2.45) is 0 Å². The van der Waals surface area contributed by atoms with Gasteiger partial charge in [0.05, 0.1) is 90.1 Å². The Kier molecular flexibility index (Phi) is 13.8. The molecule has 0 amide bonds. The third-order valence-corrected chi connectivity index (χ3v) is 18.5. The van der Waals surface area contributed by atoms with Crippen molar-refractivity contribution >= 4 is 87.2 Å². The summed E-state index contributed by atoms with van der Waals surface area (Å²) < 4.78 is 56.1. The first kappa shape index (κ1) is 58.5. The minimum absolute atomic E-state index is 0.0314. The molecule has 0 unspecified atom stereocenters. The third kappa shape index (κ3) is 9.63. The van der Waals surface area contributed by atoms with Crippen molar-refractivity contribution in [2.45, 2.75) is 61.6 Å². The molecule has 16 aromatic rings. The SMILES string of the molecule is Cc1ccc2c3ccc(C)cc3n(-c3cc(-c4cccc(C#N)c4)cc(-n4c5cc(C)ccc5c5ccc(C)cc54)c3C#N)c2c1.Cc1ccc2c3ccc(C)cc3n(-c3cc(-c4cccc(C#N)c4)cc(-n4c5cc(C)ccc5c5ccc(C)cc54)c3C(F)(F)F)c2c1. The van der Waals surface area contributed by atoms with E-state index in [1.165, 1.54) is 0 Å². The number of fused-ring (bicyclic) bond motifs is 12. The van der Waals surface area contributed by atoms with Crippen LogP contribution in [0.3, 0.4) is 0 Å². The number of aryl methyl sites for hydroxylation is 8. The van der Waals surface area contributed by atoms with Gasteiger partial charge in [-0.25, -0.2) is 0 Å². The van der Waals surface area contributed by atoms with Gasteiger partial charge in [-0.3, -0.25) is 0 Å². The molecule has 0 spiro atoms. The molecular formula is C84H60F3N7. The second kappa shape index (κ2) is 22.2. The van der Waals surface area contributed by atoms with Gasteiger partial charge in [0.25, 0.3) is 0 Å². The molecule has 0 N–H and O–H groups in total. The molecule has 16 rings (SSSR count). The topological polar surface area (TPSA) is 91.1 Å². The van der Waals surface area contributed by atoms with E-state index >= 15 is 13.2 Å². The number of alkyl halides is 3. The van der Waals surface area contributed by atoms with Crippen molar-refractivity contribution in [3.8, 4) is 63.2 Å². The second-order valence-electron chi connectivity index (χ2n) is 25.3. The summed E-state index contributed by atoms with van der Waals surface area (Å²) in [6, 6.07) is 79.4. The first-order valence-electron chi connectivity index (χ1n) is 31.3. The Morgan fingerprint density at radius 1 is 0.266 bits per heavy atom. The average molecular weight is 1220 g/mol. The van der Waals surface area contributed by atoms with Crippen molar-refractivity contribution in [1.82, 2.24) is 18.3 Å². The van der Waals surface area contributed by atoms with Gasteiger partial charge in [-0.05, 0) is 219 Å². The van der Waals surface area contributed by atoms with Crippen LogP contribution in [0.1, 0.15) is 66.8 Å². The van der Waals surface area contributed by atoms with Crippen molar-refractivity contribution in [3.63, 3.8) is 0 Å². The van der Waals surface area contributed by atoms with Crippen LogP contribution in [0.5, 0.6) is 0 Å². The van der Waals surface area contributed by atoms with E-state index in [1.54, 1.807) is 39.5 Å². The number of nitrogens with zero attached hydrogens (tertiary/aromatic N) is 7. The molecule has 452 valence electrons. The number of hydrogen-bond acceptors (Lipinski definition) is 3. The van der Waals surface area contributed by atoms with Crippen LogP contribution < -0.4 is 0 Å². The molecule has 94 heavy (non-hydrogen) atoms. The van der Waals surface area contributed by atoms with Gasteiger partial charge in [0.2, 0.25) is 0 Å². The fraction of sp³-hybridized carbons (Fsp3) is 0.107. The number of halogens is 3. The minimum atomic E-state index is -4.73. The molecule has 12 aromatic carbocycles. The lowest BCUT2D eigenvalue weighted by molar-refractivity contribution is -0.137. The second-order valence-corrected chi connectivity index (χ2v) is 25.3. The molecule has 0 aliphatic rings. The standard InChI is InChI=1S/C42H30F3N3.C42H30N4/c1-24-8-12-31-32-13-9-25(2)17-36(32)47(35(31)16-24)39-21-30(29-7-5-6-28(20-29)23-46)22-40(41(39)42(43,44)45)48-37-18-26(3)10-14-33(37)34-15-11-27(4)19-38(34)48;1-25-8-12-32-33-13-9-26(2)17-38(33)45(37(32)16-25)41-21-31(30-7-5-6-29(20-30)23-43)22-42(36(41)24-44)46-39-18-27(3)10-14-34(39)35-15-11-28(4)19-40(35)46/h5-22H,1-4H3;5-22H,1-4H3. The zero-order valence-corrected chi connectivity index (χ0v) is 53.0. The quantitative estimate of drug-likeness (QED) is 0.166. The van der Waals surface area contributed by atoms with Crippen molar-refractivity contribution in [1.29, 1.82) is 15.8 Å². The highest BCUT2D eigenvalue weighted by Gasteiger charge is 2.40. The minimum Gasteiger partial charge on any atom is -0.309 e. The first-order chi connectivity index (χ1) is 45.3. The van der Waals surface area contributed by atoms with Crippen LogP contribution in [-0.4, -0.2) is 18.3 Å². The van der Waals surface area contributed by atoms with Crippen LogP contribution in [-0.2, 0) is 6.18 Å². The maximum absolute atomic E-state index is 16.0. The van der Waals surface area contributed by atoms with E-state index in [4.69, 9.17) is 0 Å². The van der Waals surface area contributed by atoms with E-state index in [9.17, 15) is 15.8 Å². The van der Waals surface area contributed by atoms with Crippen LogP contribution in [0.15, 0.2) is 218 Å². The monoisotopic (exact) mass is 1220 g/mol. The van der Waals surface area contributed by atoms with Crippen molar-refractivity contribution < 1.29 is 13.2 Å². The number of benzene rings is 12. The Hall–Kier alpha value is -11.9. The van der Waals surface area contributed by atoms with Gasteiger partial charge in [0.1, 0.15) is 17.2 Å². The van der Waals surface area contributed by atoms with Gasteiger partial charge in [0.15, 0.2) is 0 Å². The summed E-state index contributed by atoms with van der Waals surface area (Å²) in [4.78, 5) is 0. The van der Waals surface area contributed by atoms with E-state index < -0.39 is 11.7 Å². The molecule has 0 radical (unpaired) electrons. The predicted octanol–water partition coefficient (Wildman–Crippen LogP) is 22.2. The molecule has 0 fully saturated rings. The van der Waals surface area contributed by atoms with E-state index in [1.807, 2.05) is 131 Å². The van der Waals surface area contributed by atoms with Gasteiger partial charge >= 0.3 is 6.18 Å². The molecule has 7 nitrogen and oxygen atoms in total. The predicted molar refractivity (Wildman–Crippen MR) is 378 cm³/mol. The van der Waals surface area contributed by atoms with E-state index in [0.29, 0.717) is 49.9 Å². The number of rotatable bonds is 6. The fourth-order valence-electron chi connectivity index (χ4n) is 14.2. The Morgan fingerprint density at radius 3 is 0.723 bits per heavy atom. The summed E-state index contributed by atoms with van der Waals surface area (Å²) in [5.41, 5.74) is 21.1. The molecule has 10 heteroatoms. The number of aromatic nitrogens is 4. The maximum atomic E-state index is 16.0. The summed E-state index contributed by atoms with van der Waals surface area (Å²) in [6.45, 7) is 16.2. The smallest absolute Gasteiger partial charge is 0.309 e. The zero-order chi connectivity index (χ0) is 65.2. The summed E-state index contributed by atoms with van der Waals surface area (Å²) in [7, 11) is 0. The highest BCUT2D eigenvalue weighted by atomic mass is 19.4. The lowest BCUT2D eigenvalue weighted by Gasteiger charge is -2.23. The highest BCUT2D eigenvalue weighted by molar-refractivity contribution is 6.14. The maximum Gasteiger partial charge on any atom is 0.420 e. The normalized spacial score (nSPS) is 11.7. The average Bonchev–Trinajstić information content (AvgIpc) is 1.53. The van der Waals surface area contributed by atoms with E-state index in [2.05, 4.69) is 140 Å². The van der Waals surface area contributed by atoms with E-state index in [0.717, 1.165) is 132 Å². The summed E-state index contributed by atoms with van der Waals surface area (Å²) in [6.07, 6.45) is -4.73. The highest BCUT2D eigenvalue weighted by Crippen LogP contribution is 2.48. The van der Waals surface area contributed by atoms with Gasteiger partial charge in [-0.1, -0.05) is 121 Å². The van der Waals surface area contributed by atoms with Gasteiger partial charge in [-0.15, -0.1) is 0 Å². The van der Waals surface area contributed by atoms with Crippen molar-refractivity contribution in [2.75, 3.05) is 0 Å². The molecule has 0 bridgehead atoms. The van der Waals surface area contributed by atoms with Crippen LogP contribution in [0, 0.1) is 89.4 Å². The van der Waals surface area contributed by atoms with Crippen LogP contribution in [0.4, 0.5) is 13.2 Å². The molecule has 0 saturated heterocycles. The molecule has 0 saturated carbocycles. The van der Waals surface area contributed by atoms with Gasteiger partial charge in [-0.2, -0.15) is 29.0 Å². The zero-order valence-electron chi connectivity index (χ0n) is 53.0. The molecule has 0 atom stereocenters. The lowest BCUT2D eigenvalue weighted by Crippen LogP contribution is -2.16. The largest absolute Gasteiger partial charge is 0.420 e. The van der Waals surface area contributed by atoms with Crippen LogP contribution >= 0.6 is 0 Å². The lowest BCUT2D eigenvalue weighted by atomic mass is 9.98. The Morgan fingerprint density at radius 2 is 0.500 bits per heavy atom. The molecule has 4 heterocycles. The Bertz CT molecular complexity index is 5530. The summed E-state index contributed by atoms with van der Waals surface area (Å²) in [5.74, 6) is 0. The van der Waals surface area contributed by atoms with Crippen LogP contribution in [0.2, 0.25) is 0 Å². The Balaban J connectivity index is 0.000000155. The molecular weight excluding hydrogens is 1160 g/mol. The van der Waals surface area contributed by atoms with Gasteiger partial charge < -0.3 is 18.3 Å². The fourth-order valence-corrected chi connectivity index (χ4v) is 14.2. The molecule has 0 aliphatic heterocycles. The van der Waals surface area contributed by atoms with E-state index in [-0.39, 0.29) is 11.4 Å². The molecule has 0 aliphatic carbocycles. The van der Waals surface area contributed by atoms with Crippen LogP contribution in [0.25, 0.3) is 132 Å². The summed E-state index contributed by atoms with van der Waals surface area (Å²) in [5, 5.41) is 38.7. The van der Waals surface area contributed by atoms with Crippen molar-refractivity contribution in [3.05, 3.63) is 285 Å². The number of nitriles is 3. The van der Waals surface area contributed by atoms with Gasteiger partial charge in [0, 0.05) is 43.1 Å². The first-order valence-corrected chi connectivity index (χ1v) is 31.3.